The molecule has 1 aliphatic rings. The lowest BCUT2D eigenvalue weighted by Gasteiger charge is -2.32. The van der Waals surface area contributed by atoms with Crippen LogP contribution in [-0.2, 0) is 13.1 Å². The number of rotatable bonds is 10. The van der Waals surface area contributed by atoms with Gasteiger partial charge in [-0.25, -0.2) is 28.3 Å². The number of aryl methyl sites for hydroxylation is 1. The number of amides is 4. The molecule has 48 heavy (non-hydrogen) atoms. The van der Waals surface area contributed by atoms with Crippen LogP contribution in [0.4, 0.5) is 35.8 Å². The SMILES string of the molecule is Cc1ccc(C(=O)NCc2ccccc2)cc1-c1nc(NCCC(NC(=O)O)C(C)(C)C)nc2c1CNC(=O)N2c1c(F)cccc1F. The highest BCUT2D eigenvalue weighted by molar-refractivity contribution is 6.02. The Morgan fingerprint density at radius 1 is 1.02 bits per heavy atom. The van der Waals surface area contributed by atoms with Crippen molar-refractivity contribution >= 4 is 35.5 Å². The fourth-order valence-electron chi connectivity index (χ4n) is 5.47. The monoisotopic (exact) mass is 657 g/mol. The molecule has 0 fully saturated rings. The third-order valence-electron chi connectivity index (χ3n) is 8.09. The van der Waals surface area contributed by atoms with Crippen LogP contribution in [0.15, 0.2) is 66.7 Å². The van der Waals surface area contributed by atoms with E-state index in [1.54, 1.807) is 18.2 Å². The Morgan fingerprint density at radius 3 is 2.40 bits per heavy atom. The number of hydrogen-bond donors (Lipinski definition) is 5. The molecule has 0 bridgehead atoms. The van der Waals surface area contributed by atoms with Gasteiger partial charge in [-0.3, -0.25) is 4.79 Å². The number of halogens is 2. The maximum absolute atomic E-state index is 15.1. The molecule has 4 amide bonds. The van der Waals surface area contributed by atoms with E-state index in [0.717, 1.165) is 28.2 Å². The molecule has 1 unspecified atom stereocenters. The van der Waals surface area contributed by atoms with Crippen LogP contribution in [0.1, 0.15) is 54.2 Å². The minimum Gasteiger partial charge on any atom is -0.465 e. The average Bonchev–Trinajstić information content (AvgIpc) is 3.04. The number of fused-ring (bicyclic) bond motifs is 1. The van der Waals surface area contributed by atoms with Crippen molar-refractivity contribution < 1.29 is 28.3 Å². The standard InChI is InChI=1S/C35H37F2N7O4/c1-20-13-14-22(31(45)39-18-21-9-6-5-7-10-21)17-23(20)28-24-19-40-33(46)44(29-25(36)11-8-12-26(29)37)30(24)43-32(42-28)38-16-15-27(35(2,3)4)41-34(47)48/h5-14,17,27,41H,15-16,18-19H2,1-4H3,(H,39,45)(H,40,46)(H,47,48)(H,38,42,43). The third kappa shape index (κ3) is 7.51. The minimum absolute atomic E-state index is 0.0374. The molecule has 5 N–H and O–H groups in total. The number of urea groups is 1. The molecule has 13 heteroatoms. The van der Waals surface area contributed by atoms with E-state index < -0.39 is 40.9 Å². The first kappa shape index (κ1) is 33.8. The van der Waals surface area contributed by atoms with E-state index in [2.05, 4.69) is 26.3 Å². The van der Waals surface area contributed by atoms with Gasteiger partial charge in [0.15, 0.2) is 5.82 Å². The van der Waals surface area contributed by atoms with E-state index in [1.165, 1.54) is 6.07 Å². The Bertz CT molecular complexity index is 1830. The Balaban J connectivity index is 1.57. The second kappa shape index (κ2) is 14.0. The summed E-state index contributed by atoms with van der Waals surface area (Å²) in [6.45, 7) is 8.06. The molecule has 1 aliphatic heterocycles. The molecule has 1 aromatic heterocycles. The predicted molar refractivity (Wildman–Crippen MR) is 178 cm³/mol. The highest BCUT2D eigenvalue weighted by Gasteiger charge is 2.34. The topological polar surface area (TPSA) is 149 Å². The summed E-state index contributed by atoms with van der Waals surface area (Å²) in [7, 11) is 0. The van der Waals surface area contributed by atoms with Crippen molar-refractivity contribution in [1.29, 1.82) is 0 Å². The fourth-order valence-corrected chi connectivity index (χ4v) is 5.47. The van der Waals surface area contributed by atoms with Crippen molar-refractivity contribution in [2.75, 3.05) is 16.8 Å². The first-order chi connectivity index (χ1) is 22.8. The van der Waals surface area contributed by atoms with E-state index in [-0.39, 0.29) is 30.8 Å². The van der Waals surface area contributed by atoms with Gasteiger partial charge in [0.05, 0.1) is 12.2 Å². The lowest BCUT2D eigenvalue weighted by Crippen LogP contribution is -2.44. The van der Waals surface area contributed by atoms with Crippen molar-refractivity contribution in [2.45, 2.75) is 53.2 Å². The maximum Gasteiger partial charge on any atom is 0.404 e. The lowest BCUT2D eigenvalue weighted by molar-refractivity contribution is 0.0950. The molecule has 0 aliphatic carbocycles. The van der Waals surface area contributed by atoms with Gasteiger partial charge in [0.25, 0.3) is 5.91 Å². The van der Waals surface area contributed by atoms with Gasteiger partial charge < -0.3 is 26.4 Å². The molecule has 5 rings (SSSR count). The summed E-state index contributed by atoms with van der Waals surface area (Å²) >= 11 is 0. The van der Waals surface area contributed by atoms with Crippen LogP contribution in [0.2, 0.25) is 0 Å². The van der Waals surface area contributed by atoms with Crippen LogP contribution in [0.3, 0.4) is 0 Å². The minimum atomic E-state index is -1.15. The lowest BCUT2D eigenvalue weighted by atomic mass is 9.85. The van der Waals surface area contributed by atoms with Crippen LogP contribution in [0.5, 0.6) is 0 Å². The van der Waals surface area contributed by atoms with Gasteiger partial charge >= 0.3 is 12.1 Å². The summed E-state index contributed by atoms with van der Waals surface area (Å²) in [5, 5.41) is 20.6. The van der Waals surface area contributed by atoms with E-state index in [9.17, 15) is 19.5 Å². The first-order valence-electron chi connectivity index (χ1n) is 15.4. The summed E-state index contributed by atoms with van der Waals surface area (Å²) in [5.41, 5.74) is 2.31. The molecule has 1 atom stereocenters. The summed E-state index contributed by atoms with van der Waals surface area (Å²) in [4.78, 5) is 48.1. The molecule has 0 radical (unpaired) electrons. The zero-order valence-corrected chi connectivity index (χ0v) is 27.0. The number of benzene rings is 3. The van der Waals surface area contributed by atoms with Crippen LogP contribution in [0, 0.1) is 24.0 Å². The van der Waals surface area contributed by atoms with Crippen LogP contribution >= 0.6 is 0 Å². The molecule has 2 heterocycles. The summed E-state index contributed by atoms with van der Waals surface area (Å²) in [5.74, 6) is -2.24. The Kier molecular flexibility index (Phi) is 9.87. The van der Waals surface area contributed by atoms with E-state index >= 15 is 8.78 Å². The van der Waals surface area contributed by atoms with Crippen molar-refractivity contribution in [3.05, 3.63) is 101 Å². The number of para-hydroxylation sites is 1. The number of nitrogens with zero attached hydrogens (tertiary/aromatic N) is 3. The molecule has 0 saturated heterocycles. The molecule has 0 saturated carbocycles. The number of carbonyl (C=O) groups is 3. The molecule has 250 valence electrons. The summed E-state index contributed by atoms with van der Waals surface area (Å²) in [6, 6.07) is 16.7. The predicted octanol–water partition coefficient (Wildman–Crippen LogP) is 6.51. The van der Waals surface area contributed by atoms with Gasteiger partial charge in [-0.15, -0.1) is 0 Å². The van der Waals surface area contributed by atoms with E-state index in [1.807, 2.05) is 58.0 Å². The average molecular weight is 658 g/mol. The van der Waals surface area contributed by atoms with Crippen molar-refractivity contribution in [3.63, 3.8) is 0 Å². The van der Waals surface area contributed by atoms with E-state index in [4.69, 9.17) is 4.98 Å². The highest BCUT2D eigenvalue weighted by Crippen LogP contribution is 2.39. The largest absolute Gasteiger partial charge is 0.465 e. The second-order valence-electron chi connectivity index (χ2n) is 12.5. The maximum atomic E-state index is 15.1. The van der Waals surface area contributed by atoms with Crippen molar-refractivity contribution in [1.82, 2.24) is 25.9 Å². The number of anilines is 3. The molecule has 11 nitrogen and oxygen atoms in total. The number of aromatic nitrogens is 2. The van der Waals surface area contributed by atoms with E-state index in [0.29, 0.717) is 35.3 Å². The van der Waals surface area contributed by atoms with Crippen LogP contribution < -0.4 is 26.2 Å². The number of carboxylic acid groups (broad SMARTS) is 1. The zero-order chi connectivity index (χ0) is 34.6. The number of nitrogens with one attached hydrogen (secondary N) is 4. The Hall–Kier alpha value is -5.59. The Labute approximate surface area is 276 Å². The molecule has 0 spiro atoms. The smallest absolute Gasteiger partial charge is 0.404 e. The first-order valence-corrected chi connectivity index (χ1v) is 15.4. The normalized spacial score (nSPS) is 13.3. The molecular weight excluding hydrogens is 620 g/mol. The van der Waals surface area contributed by atoms with Gasteiger partial charge in [-0.2, -0.15) is 4.98 Å². The van der Waals surface area contributed by atoms with Gasteiger partial charge in [-0.05, 0) is 54.2 Å². The quantitative estimate of drug-likeness (QED) is 0.131. The molecular formula is C35H37F2N7O4. The molecule has 4 aromatic rings. The fraction of sp³-hybridized carbons (Fsp3) is 0.286. The Morgan fingerprint density at radius 2 is 1.73 bits per heavy atom. The van der Waals surface area contributed by atoms with Gasteiger partial charge in [0.2, 0.25) is 5.95 Å². The van der Waals surface area contributed by atoms with Crippen LogP contribution in [0.25, 0.3) is 11.3 Å². The second-order valence-corrected chi connectivity index (χ2v) is 12.5. The summed E-state index contributed by atoms with van der Waals surface area (Å²) in [6.07, 6.45) is -0.799. The van der Waals surface area contributed by atoms with Crippen molar-refractivity contribution in [2.24, 2.45) is 5.41 Å². The van der Waals surface area contributed by atoms with Gasteiger partial charge in [0, 0.05) is 35.8 Å². The highest BCUT2D eigenvalue weighted by atomic mass is 19.1. The molecule has 3 aromatic carbocycles. The zero-order valence-electron chi connectivity index (χ0n) is 27.0. The third-order valence-corrected chi connectivity index (χ3v) is 8.09. The van der Waals surface area contributed by atoms with Gasteiger partial charge in [-0.1, -0.05) is 63.2 Å². The van der Waals surface area contributed by atoms with Crippen molar-refractivity contribution in [3.8, 4) is 11.3 Å². The number of carbonyl (C=O) groups excluding carboxylic acids is 2. The van der Waals surface area contributed by atoms with Crippen LogP contribution in [-0.4, -0.2) is 45.7 Å². The van der Waals surface area contributed by atoms with Gasteiger partial charge in [0.1, 0.15) is 17.3 Å². The summed E-state index contributed by atoms with van der Waals surface area (Å²) < 4.78 is 30.2. The number of hydrogen-bond acceptors (Lipinski definition) is 6.